The van der Waals surface area contributed by atoms with Gasteiger partial charge in [0.1, 0.15) is 35.2 Å². The van der Waals surface area contributed by atoms with Gasteiger partial charge in [-0.25, -0.2) is 13.5 Å². The van der Waals surface area contributed by atoms with Crippen LogP contribution in [0.4, 0.5) is 27.8 Å². The van der Waals surface area contributed by atoms with Crippen molar-refractivity contribution in [1.29, 1.82) is 0 Å². The molecule has 0 aliphatic heterocycles. The van der Waals surface area contributed by atoms with Gasteiger partial charge in [0, 0.05) is 11.0 Å². The Morgan fingerprint density at radius 1 is 1.11 bits per heavy atom. The first-order chi connectivity index (χ1) is 16.4. The molecule has 2 aromatic carbocycles. The molecule has 8 nitrogen and oxygen atoms in total. The zero-order valence-corrected chi connectivity index (χ0v) is 19.1. The van der Waals surface area contributed by atoms with Crippen molar-refractivity contribution in [2.75, 3.05) is 12.3 Å². The first-order valence-corrected chi connectivity index (χ1v) is 10.6. The summed E-state index contributed by atoms with van der Waals surface area (Å²) in [7, 11) is 0. The van der Waals surface area contributed by atoms with Crippen molar-refractivity contribution in [3.8, 4) is 5.69 Å². The van der Waals surface area contributed by atoms with E-state index in [4.69, 9.17) is 5.73 Å². The number of benzene rings is 2. The molecule has 0 bridgehead atoms. The van der Waals surface area contributed by atoms with Crippen molar-refractivity contribution in [3.05, 3.63) is 75.9 Å². The molecule has 1 aromatic heterocycles. The topological polar surface area (TPSA) is 122 Å². The van der Waals surface area contributed by atoms with Crippen LogP contribution in [0.1, 0.15) is 20.7 Å². The monoisotopic (exact) mass is 561 g/mol. The normalized spacial score (nSPS) is 13.2. The summed E-state index contributed by atoms with van der Waals surface area (Å²) in [6.45, 7) is -1.17. The minimum atomic E-state index is -5.06. The van der Waals surface area contributed by atoms with E-state index >= 15 is 0 Å². The van der Waals surface area contributed by atoms with E-state index in [1.54, 1.807) is 5.32 Å². The summed E-state index contributed by atoms with van der Waals surface area (Å²) in [5.41, 5.74) is 5.25. The fourth-order valence-corrected chi connectivity index (χ4v) is 3.57. The van der Waals surface area contributed by atoms with E-state index in [0.717, 1.165) is 29.1 Å². The third kappa shape index (κ3) is 5.95. The first-order valence-electron chi connectivity index (χ1n) is 9.77. The second kappa shape index (κ2) is 10.4. The molecule has 0 spiro atoms. The van der Waals surface area contributed by atoms with Gasteiger partial charge in [-0.3, -0.25) is 9.59 Å². The zero-order valence-electron chi connectivity index (χ0n) is 17.5. The number of nitrogen functional groups attached to an aromatic ring is 1. The number of carbonyl (C=O) groups excluding carboxylic acids is 2. The Kier molecular flexibility index (Phi) is 7.75. The van der Waals surface area contributed by atoms with Gasteiger partial charge in [0.2, 0.25) is 0 Å². The van der Waals surface area contributed by atoms with Gasteiger partial charge in [0.15, 0.2) is 0 Å². The second-order valence-electron chi connectivity index (χ2n) is 7.20. The van der Waals surface area contributed by atoms with Crippen LogP contribution in [0.3, 0.4) is 0 Å². The van der Waals surface area contributed by atoms with Crippen LogP contribution in [0.25, 0.3) is 5.69 Å². The number of nitrogens with zero attached hydrogens (tertiary/aromatic N) is 2. The van der Waals surface area contributed by atoms with Gasteiger partial charge >= 0.3 is 6.18 Å². The number of nitrogens with one attached hydrogen (secondary N) is 2. The molecular weight excluding hydrogens is 545 g/mol. The number of alkyl halides is 3. The molecule has 2 atom stereocenters. The highest BCUT2D eigenvalue weighted by atomic mass is 79.9. The number of aliphatic hydroxyl groups is 1. The summed E-state index contributed by atoms with van der Waals surface area (Å²) in [4.78, 5) is 24.7. The number of hydrogen-bond acceptors (Lipinski definition) is 5. The number of amides is 2. The predicted molar refractivity (Wildman–Crippen MR) is 117 cm³/mol. The van der Waals surface area contributed by atoms with Crippen molar-refractivity contribution in [1.82, 2.24) is 20.4 Å². The Hall–Kier alpha value is -3.52. The quantitative estimate of drug-likeness (QED) is 0.261. The Bertz CT molecular complexity index is 1210. The molecule has 3 rings (SSSR count). The lowest BCUT2D eigenvalue weighted by molar-refractivity contribution is -0.200. The van der Waals surface area contributed by atoms with Gasteiger partial charge in [0.05, 0.1) is 17.4 Å². The highest BCUT2D eigenvalue weighted by Crippen LogP contribution is 2.29. The van der Waals surface area contributed by atoms with Gasteiger partial charge in [-0.05, 0) is 52.3 Å². The molecule has 3 aromatic rings. The molecule has 0 fully saturated rings. The molecule has 0 aliphatic rings. The van der Waals surface area contributed by atoms with E-state index in [-0.39, 0.29) is 21.5 Å². The molecule has 0 saturated carbocycles. The van der Waals surface area contributed by atoms with E-state index in [9.17, 15) is 36.6 Å². The molecule has 186 valence electrons. The average Bonchev–Trinajstić information content (AvgIpc) is 3.14. The lowest BCUT2D eigenvalue weighted by Gasteiger charge is -2.26. The number of nitrogens with two attached hydrogens (primary N) is 1. The number of rotatable bonds is 7. The summed E-state index contributed by atoms with van der Waals surface area (Å²) in [5.74, 6) is -6.76. The van der Waals surface area contributed by atoms with Crippen molar-refractivity contribution < 1.29 is 36.6 Å². The summed E-state index contributed by atoms with van der Waals surface area (Å²) in [6.07, 6.45) is -6.60. The van der Waals surface area contributed by atoms with Crippen molar-refractivity contribution in [2.24, 2.45) is 5.92 Å². The number of anilines is 1. The molecular formula is C21H17BrF5N5O3. The molecule has 2 amide bonds. The van der Waals surface area contributed by atoms with E-state index in [1.807, 2.05) is 5.32 Å². The second-order valence-corrected chi connectivity index (χ2v) is 8.06. The smallest absolute Gasteiger partial charge is 0.383 e. The van der Waals surface area contributed by atoms with Gasteiger partial charge in [-0.2, -0.15) is 18.3 Å². The Morgan fingerprint density at radius 3 is 2.37 bits per heavy atom. The van der Waals surface area contributed by atoms with E-state index in [2.05, 4.69) is 21.0 Å². The average molecular weight is 562 g/mol. The van der Waals surface area contributed by atoms with Crippen LogP contribution < -0.4 is 16.4 Å². The number of hydrogen-bond donors (Lipinski definition) is 4. The van der Waals surface area contributed by atoms with Crippen LogP contribution in [0.5, 0.6) is 0 Å². The van der Waals surface area contributed by atoms with Crippen LogP contribution in [-0.2, 0) is 0 Å². The summed E-state index contributed by atoms with van der Waals surface area (Å²) in [6, 6.07) is 8.41. The maximum atomic E-state index is 13.9. The fraction of sp³-hybridized carbons (Fsp3) is 0.190. The van der Waals surface area contributed by atoms with E-state index in [1.165, 1.54) is 24.3 Å². The van der Waals surface area contributed by atoms with Crippen LogP contribution >= 0.6 is 15.9 Å². The molecule has 2 unspecified atom stereocenters. The van der Waals surface area contributed by atoms with Crippen LogP contribution in [0, 0.1) is 17.6 Å². The lowest BCUT2D eigenvalue weighted by Crippen LogP contribution is -2.50. The van der Waals surface area contributed by atoms with Crippen LogP contribution in [-0.4, -0.2) is 45.7 Å². The minimum absolute atomic E-state index is 0.0149. The molecule has 14 heteroatoms. The van der Waals surface area contributed by atoms with Gasteiger partial charge in [-0.1, -0.05) is 6.07 Å². The molecule has 1 heterocycles. The number of aliphatic hydroxyl groups excluding tert-OH is 1. The fourth-order valence-electron chi connectivity index (χ4n) is 3.05. The zero-order chi connectivity index (χ0) is 25.9. The standard InChI is InChI=1S/C21H17BrF5N5O3/c22-14-2-1-3-15(24)16(14)20(35)29-9-13(21(25,26)27)19(34)31-18(33)12-8-30-32(17(12)28)11-6-4-10(23)5-7-11/h1-8,13,19,34H,9,28H2,(H,29,35)(H,31,33). The number of aromatic nitrogens is 2. The molecule has 0 radical (unpaired) electrons. The summed E-state index contributed by atoms with van der Waals surface area (Å²) < 4.78 is 68.7. The molecule has 0 aliphatic carbocycles. The first kappa shape index (κ1) is 26.1. The maximum absolute atomic E-state index is 13.9. The molecule has 0 saturated heterocycles. The van der Waals surface area contributed by atoms with Gasteiger partial charge in [0.25, 0.3) is 11.8 Å². The Labute approximate surface area is 203 Å². The van der Waals surface area contributed by atoms with Crippen LogP contribution in [0.2, 0.25) is 0 Å². The highest BCUT2D eigenvalue weighted by Gasteiger charge is 2.45. The van der Waals surface area contributed by atoms with Crippen molar-refractivity contribution in [3.63, 3.8) is 0 Å². The molecule has 5 N–H and O–H groups in total. The lowest BCUT2D eigenvalue weighted by atomic mass is 10.1. The maximum Gasteiger partial charge on any atom is 0.397 e. The largest absolute Gasteiger partial charge is 0.397 e. The summed E-state index contributed by atoms with van der Waals surface area (Å²) in [5, 5.41) is 17.7. The Morgan fingerprint density at radius 2 is 1.77 bits per heavy atom. The SMILES string of the molecule is Nc1c(C(=O)NC(O)C(CNC(=O)c2c(F)cccc2Br)C(F)(F)F)cnn1-c1ccc(F)cc1. The number of halogens is 6. The Balaban J connectivity index is 1.73. The highest BCUT2D eigenvalue weighted by molar-refractivity contribution is 9.10. The van der Waals surface area contributed by atoms with Crippen molar-refractivity contribution in [2.45, 2.75) is 12.4 Å². The molecule has 35 heavy (non-hydrogen) atoms. The van der Waals surface area contributed by atoms with Gasteiger partial charge < -0.3 is 21.5 Å². The van der Waals surface area contributed by atoms with E-state index in [0.29, 0.717) is 0 Å². The van der Waals surface area contributed by atoms with Gasteiger partial charge in [-0.15, -0.1) is 0 Å². The minimum Gasteiger partial charge on any atom is -0.383 e. The predicted octanol–water partition coefficient (Wildman–Crippen LogP) is 3.15. The summed E-state index contributed by atoms with van der Waals surface area (Å²) >= 11 is 2.94. The van der Waals surface area contributed by atoms with Crippen LogP contribution in [0.15, 0.2) is 53.1 Å². The van der Waals surface area contributed by atoms with E-state index < -0.39 is 53.9 Å². The third-order valence-corrected chi connectivity index (χ3v) is 5.54. The third-order valence-electron chi connectivity index (χ3n) is 4.88. The number of carbonyl (C=O) groups is 2. The van der Waals surface area contributed by atoms with Crippen molar-refractivity contribution >= 4 is 33.6 Å².